The van der Waals surface area contributed by atoms with E-state index in [1.165, 1.54) is 0 Å². The van der Waals surface area contributed by atoms with Crippen molar-refractivity contribution in [2.24, 2.45) is 0 Å². The second-order valence-electron chi connectivity index (χ2n) is 17.9. The van der Waals surface area contributed by atoms with Crippen molar-refractivity contribution in [3.05, 3.63) is 162 Å². The van der Waals surface area contributed by atoms with Crippen LogP contribution in [-0.4, -0.2) is 145 Å². The van der Waals surface area contributed by atoms with Crippen molar-refractivity contribution in [2.75, 3.05) is 106 Å². The Morgan fingerprint density at radius 3 is 1.19 bits per heavy atom. The number of nitrogens with one attached hydrogen (secondary N) is 4. The molecular weight excluding hydrogens is 1070 g/mol. The number of likely N-dealkylation sites (N-methyl/N-ethyl adjacent to an activating group) is 2. The zero-order valence-electron chi connectivity index (χ0n) is 41.0. The molecule has 0 aliphatic carbocycles. The molecule has 22 heteroatoms. The van der Waals surface area contributed by atoms with Crippen molar-refractivity contribution in [1.29, 1.82) is 0 Å². The van der Waals surface area contributed by atoms with Crippen molar-refractivity contribution in [3.63, 3.8) is 0 Å². The number of benzene rings is 5. The fourth-order valence-corrected chi connectivity index (χ4v) is 11.9. The van der Waals surface area contributed by atoms with Crippen LogP contribution in [0.15, 0.2) is 107 Å². The van der Waals surface area contributed by atoms with Crippen molar-refractivity contribution >= 4 is 78.3 Å². The van der Waals surface area contributed by atoms with Gasteiger partial charge in [-0.2, -0.15) is 0 Å². The van der Waals surface area contributed by atoms with E-state index in [9.17, 15) is 26.4 Å². The summed E-state index contributed by atoms with van der Waals surface area (Å²) in [6, 6.07) is 27.2. The normalized spacial score (nSPS) is 16.1. The SMILES string of the molecule is CN1Cc2c(Cl)cc(Cl)cc2C(c2ccc(S(=O)(=O)NCCOCCOCCNC(=O)c3ccc(C(=O)NCCOCCOCCNS(=O)(=O)c4ccc(C5CN(C)Cc6c(Cl)cc(Cl)cc65)cc4)cc3)cc2)C1. The second-order valence-corrected chi connectivity index (χ2v) is 23.1. The summed E-state index contributed by atoms with van der Waals surface area (Å²) in [5, 5.41) is 7.89. The standard InChI is InChI=1S/C52H60Cl4N6O10S2/c1-61-31-45(43-27-39(53)29-49(55)47(43)33-61)35-7-11-41(12-8-35)73(65,66)59-17-21-71-25-23-69-19-15-57-51(63)37-3-5-38(6-4-37)52(64)58-16-20-70-24-26-72-22-18-60-74(67,68)42-13-9-36(10-14-42)46-32-62(2)34-48-44(46)28-40(54)30-50(48)56/h3-14,27-30,45-46,59-60H,15-26,31-34H2,1-2H3,(H,57,63)(H,58,64). The quantitative estimate of drug-likeness (QED) is 0.0418. The van der Waals surface area contributed by atoms with Gasteiger partial charge in [0.15, 0.2) is 0 Å². The maximum Gasteiger partial charge on any atom is 0.251 e. The first-order valence-electron chi connectivity index (χ1n) is 24.0. The molecular formula is C52H60Cl4N6O10S2. The zero-order chi connectivity index (χ0) is 52.8. The van der Waals surface area contributed by atoms with Gasteiger partial charge in [-0.25, -0.2) is 26.3 Å². The van der Waals surface area contributed by atoms with Gasteiger partial charge in [-0.3, -0.25) is 9.59 Å². The summed E-state index contributed by atoms with van der Waals surface area (Å²) in [5.74, 6) is -0.667. The number of amides is 2. The van der Waals surface area contributed by atoms with E-state index in [2.05, 4.69) is 29.9 Å². The molecule has 398 valence electrons. The average molecular weight is 1140 g/mol. The molecule has 0 fully saturated rings. The van der Waals surface area contributed by atoms with Crippen molar-refractivity contribution in [3.8, 4) is 0 Å². The number of fused-ring (bicyclic) bond motifs is 2. The lowest BCUT2D eigenvalue weighted by atomic mass is 9.85. The van der Waals surface area contributed by atoms with Gasteiger partial charge < -0.3 is 39.4 Å². The minimum absolute atomic E-state index is 0.00620. The van der Waals surface area contributed by atoms with E-state index in [4.69, 9.17) is 65.4 Å². The molecule has 5 aromatic carbocycles. The first-order valence-corrected chi connectivity index (χ1v) is 28.5. The zero-order valence-corrected chi connectivity index (χ0v) is 45.7. The van der Waals surface area contributed by atoms with E-state index in [0.29, 0.717) is 44.3 Å². The Bertz CT molecular complexity index is 2740. The molecule has 74 heavy (non-hydrogen) atoms. The largest absolute Gasteiger partial charge is 0.378 e. The van der Waals surface area contributed by atoms with Crippen LogP contribution in [0.1, 0.15) is 65.9 Å². The van der Waals surface area contributed by atoms with Gasteiger partial charge in [-0.15, -0.1) is 0 Å². The van der Waals surface area contributed by atoms with Gasteiger partial charge in [0.25, 0.3) is 11.8 Å². The van der Waals surface area contributed by atoms with Crippen molar-refractivity contribution in [1.82, 2.24) is 29.9 Å². The molecule has 2 aliphatic heterocycles. The molecule has 16 nitrogen and oxygen atoms in total. The molecule has 2 heterocycles. The molecule has 2 atom stereocenters. The Kier molecular flexibility index (Phi) is 21.1. The van der Waals surface area contributed by atoms with Gasteiger partial charge in [0.2, 0.25) is 20.0 Å². The van der Waals surface area contributed by atoms with E-state index >= 15 is 0 Å². The Labute approximate surface area is 453 Å². The number of hydrogen-bond acceptors (Lipinski definition) is 12. The van der Waals surface area contributed by atoms with Crippen LogP contribution in [0.4, 0.5) is 0 Å². The van der Waals surface area contributed by atoms with Crippen LogP contribution in [-0.2, 0) is 52.1 Å². The van der Waals surface area contributed by atoms with E-state index in [1.807, 2.05) is 50.5 Å². The molecule has 2 unspecified atom stereocenters. The van der Waals surface area contributed by atoms with Crippen LogP contribution in [0.5, 0.6) is 0 Å². The van der Waals surface area contributed by atoms with Gasteiger partial charge >= 0.3 is 0 Å². The minimum atomic E-state index is -3.76. The highest BCUT2D eigenvalue weighted by Crippen LogP contribution is 2.40. The van der Waals surface area contributed by atoms with Crippen LogP contribution in [0.3, 0.4) is 0 Å². The fraction of sp³-hybridized carbons (Fsp3) is 0.385. The lowest BCUT2D eigenvalue weighted by molar-refractivity contribution is 0.0503. The van der Waals surface area contributed by atoms with Crippen LogP contribution >= 0.6 is 46.4 Å². The molecule has 0 saturated carbocycles. The minimum Gasteiger partial charge on any atom is -0.378 e. The van der Waals surface area contributed by atoms with Crippen LogP contribution in [0.2, 0.25) is 20.1 Å². The van der Waals surface area contributed by atoms with Gasteiger partial charge in [0, 0.05) is 95.4 Å². The number of ether oxygens (including phenoxy) is 4. The highest BCUT2D eigenvalue weighted by atomic mass is 35.5. The molecule has 2 aliphatic rings. The molecule has 0 bridgehead atoms. The number of sulfonamides is 2. The Hall–Kier alpha value is -4.22. The third-order valence-electron chi connectivity index (χ3n) is 12.5. The van der Waals surface area contributed by atoms with Gasteiger partial charge in [-0.05, 0) is 120 Å². The predicted molar refractivity (Wildman–Crippen MR) is 287 cm³/mol. The van der Waals surface area contributed by atoms with E-state index < -0.39 is 20.0 Å². The number of nitrogens with zero attached hydrogens (tertiary/aromatic N) is 2. The third-order valence-corrected chi connectivity index (χ3v) is 16.5. The summed E-state index contributed by atoms with van der Waals surface area (Å²) in [4.78, 5) is 29.9. The maximum atomic E-state index is 13.0. The number of rotatable bonds is 26. The number of halogens is 4. The Balaban J connectivity index is 0.685. The van der Waals surface area contributed by atoms with Crippen LogP contribution in [0, 0.1) is 0 Å². The molecule has 0 saturated heterocycles. The topological polar surface area (TPSA) is 194 Å². The first-order chi connectivity index (χ1) is 35.5. The number of carbonyl (C=O) groups is 2. The van der Waals surface area contributed by atoms with Gasteiger partial charge in [0.05, 0.1) is 62.6 Å². The Morgan fingerprint density at radius 1 is 0.500 bits per heavy atom. The third kappa shape index (κ3) is 15.9. The molecule has 0 spiro atoms. The second kappa shape index (κ2) is 27.2. The summed E-state index contributed by atoms with van der Waals surface area (Å²) in [6.45, 7) is 5.25. The summed E-state index contributed by atoms with van der Waals surface area (Å²) in [5.41, 5.74) is 6.81. The van der Waals surface area contributed by atoms with Crippen LogP contribution in [0.25, 0.3) is 0 Å². The lowest BCUT2D eigenvalue weighted by Gasteiger charge is -2.33. The molecule has 4 N–H and O–H groups in total. The van der Waals surface area contributed by atoms with E-state index in [-0.39, 0.29) is 112 Å². The fourth-order valence-electron chi connectivity index (χ4n) is 8.78. The number of hydrogen-bond donors (Lipinski definition) is 4. The van der Waals surface area contributed by atoms with E-state index in [1.54, 1.807) is 60.7 Å². The highest BCUT2D eigenvalue weighted by Gasteiger charge is 2.29. The lowest BCUT2D eigenvalue weighted by Crippen LogP contribution is -2.31. The predicted octanol–water partition coefficient (Wildman–Crippen LogP) is 6.94. The molecule has 0 aromatic heterocycles. The van der Waals surface area contributed by atoms with Gasteiger partial charge in [0.1, 0.15) is 0 Å². The summed E-state index contributed by atoms with van der Waals surface area (Å²) >= 11 is 25.6. The summed E-state index contributed by atoms with van der Waals surface area (Å²) in [6.07, 6.45) is 0. The molecule has 7 rings (SSSR count). The van der Waals surface area contributed by atoms with Crippen molar-refractivity contribution < 1.29 is 45.4 Å². The number of carbonyl (C=O) groups excluding carboxylic acids is 2. The summed E-state index contributed by atoms with van der Waals surface area (Å²) < 4.78 is 79.1. The molecule has 0 radical (unpaired) electrons. The maximum absolute atomic E-state index is 13.0. The summed E-state index contributed by atoms with van der Waals surface area (Å²) in [7, 11) is -3.48. The Morgan fingerprint density at radius 2 is 0.838 bits per heavy atom. The smallest absolute Gasteiger partial charge is 0.251 e. The van der Waals surface area contributed by atoms with Gasteiger partial charge in [-0.1, -0.05) is 70.7 Å². The first kappa shape index (κ1) is 57.5. The average Bonchev–Trinajstić information content (AvgIpc) is 3.37. The molecule has 2 amide bonds. The van der Waals surface area contributed by atoms with Crippen molar-refractivity contribution in [2.45, 2.75) is 34.7 Å². The molecule has 5 aromatic rings. The monoisotopic (exact) mass is 1130 g/mol. The van der Waals surface area contributed by atoms with Crippen LogP contribution < -0.4 is 20.1 Å². The van der Waals surface area contributed by atoms with E-state index in [0.717, 1.165) is 46.5 Å². The highest BCUT2D eigenvalue weighted by molar-refractivity contribution is 7.89.